The zero-order valence-corrected chi connectivity index (χ0v) is 11.0. The smallest absolute Gasteiger partial charge is 0.233 e. The van der Waals surface area contributed by atoms with Crippen molar-refractivity contribution >= 4 is 27.3 Å². The van der Waals surface area contributed by atoms with E-state index in [1.807, 2.05) is 0 Å². The van der Waals surface area contributed by atoms with Crippen LogP contribution in [-0.2, 0) is 10.0 Å². The molecule has 8 heteroatoms. The number of benzene rings is 1. The van der Waals surface area contributed by atoms with E-state index in [0.29, 0.717) is 12.1 Å². The summed E-state index contributed by atoms with van der Waals surface area (Å²) in [5.74, 6) is -4.41. The van der Waals surface area contributed by atoms with Gasteiger partial charge in [-0.2, -0.15) is 0 Å². The Kier molecular flexibility index (Phi) is 4.86. The van der Waals surface area contributed by atoms with Crippen molar-refractivity contribution in [3.8, 4) is 0 Å². The predicted octanol–water partition coefficient (Wildman–Crippen LogP) is 2.72. The van der Waals surface area contributed by atoms with Crippen LogP contribution in [0.1, 0.15) is 6.92 Å². The number of halogens is 4. The first-order chi connectivity index (χ1) is 8.25. The summed E-state index contributed by atoms with van der Waals surface area (Å²) in [6.07, 6.45) is 0. The second-order valence-electron chi connectivity index (χ2n) is 3.89. The molecule has 1 unspecified atom stereocenters. The van der Waals surface area contributed by atoms with E-state index in [1.54, 1.807) is 11.6 Å². The molecule has 1 aromatic carbocycles. The monoisotopic (exact) mass is 301 g/mol. The van der Waals surface area contributed by atoms with Gasteiger partial charge in [0, 0.05) is 18.0 Å². The molecule has 0 radical (unpaired) electrons. The van der Waals surface area contributed by atoms with Crippen LogP contribution in [0.25, 0.3) is 0 Å². The minimum atomic E-state index is -3.94. The Morgan fingerprint density at radius 2 is 1.78 bits per heavy atom. The number of hydrogen-bond acceptors (Lipinski definition) is 2. The highest BCUT2D eigenvalue weighted by molar-refractivity contribution is 7.92. The van der Waals surface area contributed by atoms with Crippen LogP contribution >= 0.6 is 11.6 Å². The average molecular weight is 302 g/mol. The topological polar surface area (TPSA) is 46.2 Å². The molecule has 1 aromatic rings. The number of rotatable bonds is 5. The van der Waals surface area contributed by atoms with Crippen LogP contribution in [0.2, 0.25) is 0 Å². The molecule has 0 bridgehead atoms. The first-order valence-electron chi connectivity index (χ1n) is 4.96. The zero-order chi connectivity index (χ0) is 13.9. The molecule has 0 fully saturated rings. The fourth-order valence-electron chi connectivity index (χ4n) is 1.26. The molecule has 0 spiro atoms. The van der Waals surface area contributed by atoms with E-state index in [2.05, 4.69) is 0 Å². The molecular weight excluding hydrogens is 291 g/mol. The normalized spacial score (nSPS) is 13.4. The number of sulfonamides is 1. The van der Waals surface area contributed by atoms with E-state index < -0.39 is 33.2 Å². The lowest BCUT2D eigenvalue weighted by Gasteiger charge is -2.12. The van der Waals surface area contributed by atoms with Crippen LogP contribution < -0.4 is 4.72 Å². The summed E-state index contributed by atoms with van der Waals surface area (Å²) in [7, 11) is -3.94. The summed E-state index contributed by atoms with van der Waals surface area (Å²) < 4.78 is 64.0. The van der Waals surface area contributed by atoms with Crippen molar-refractivity contribution < 1.29 is 21.6 Å². The van der Waals surface area contributed by atoms with E-state index >= 15 is 0 Å². The van der Waals surface area contributed by atoms with Crippen molar-refractivity contribution in [1.29, 1.82) is 0 Å². The van der Waals surface area contributed by atoms with Gasteiger partial charge in [0.2, 0.25) is 10.0 Å². The molecule has 0 aromatic heterocycles. The van der Waals surface area contributed by atoms with E-state index in [1.165, 1.54) is 0 Å². The second kappa shape index (κ2) is 5.79. The van der Waals surface area contributed by atoms with Gasteiger partial charge in [-0.1, -0.05) is 6.92 Å². The molecule has 0 saturated heterocycles. The van der Waals surface area contributed by atoms with Gasteiger partial charge >= 0.3 is 0 Å². The molecule has 0 aliphatic rings. The first-order valence-corrected chi connectivity index (χ1v) is 7.15. The Morgan fingerprint density at radius 1 is 1.28 bits per heavy atom. The number of hydrogen-bond donors (Lipinski definition) is 1. The maximum Gasteiger partial charge on any atom is 0.233 e. The fourth-order valence-corrected chi connectivity index (χ4v) is 2.95. The molecule has 1 atom stereocenters. The molecule has 0 heterocycles. The summed E-state index contributed by atoms with van der Waals surface area (Å²) in [5.41, 5.74) is -0.891. The van der Waals surface area contributed by atoms with Crippen LogP contribution in [0, 0.1) is 23.4 Å². The van der Waals surface area contributed by atoms with Gasteiger partial charge in [-0.3, -0.25) is 4.72 Å². The third-order valence-corrected chi connectivity index (χ3v) is 4.08. The highest BCUT2D eigenvalue weighted by Gasteiger charge is 2.20. The Bertz CT molecular complexity index is 513. The molecule has 18 heavy (non-hydrogen) atoms. The molecule has 0 aliphatic heterocycles. The SMILES string of the molecule is CC(CCl)CS(=O)(=O)Nc1c(F)cc(F)cc1F. The van der Waals surface area contributed by atoms with Gasteiger partial charge in [-0.15, -0.1) is 11.6 Å². The summed E-state index contributed by atoms with van der Waals surface area (Å²) in [5, 5.41) is 0. The quantitative estimate of drug-likeness (QED) is 0.850. The number of anilines is 1. The van der Waals surface area contributed by atoms with Crippen molar-refractivity contribution in [1.82, 2.24) is 0 Å². The maximum atomic E-state index is 13.2. The molecule has 1 rings (SSSR count). The first kappa shape index (κ1) is 15.1. The van der Waals surface area contributed by atoms with Crippen molar-refractivity contribution in [2.75, 3.05) is 16.4 Å². The lowest BCUT2D eigenvalue weighted by Crippen LogP contribution is -2.23. The van der Waals surface area contributed by atoms with E-state index in [0.717, 1.165) is 0 Å². The largest absolute Gasteiger partial charge is 0.278 e. The summed E-state index contributed by atoms with van der Waals surface area (Å²) >= 11 is 5.45. The highest BCUT2D eigenvalue weighted by Crippen LogP contribution is 2.21. The maximum absolute atomic E-state index is 13.2. The number of alkyl halides is 1. The van der Waals surface area contributed by atoms with Gasteiger partial charge in [0.1, 0.15) is 11.5 Å². The van der Waals surface area contributed by atoms with E-state index in [4.69, 9.17) is 11.6 Å². The predicted molar refractivity (Wildman–Crippen MR) is 63.6 cm³/mol. The lowest BCUT2D eigenvalue weighted by molar-refractivity contribution is 0.546. The van der Waals surface area contributed by atoms with Crippen LogP contribution in [-0.4, -0.2) is 20.1 Å². The Morgan fingerprint density at radius 3 is 2.22 bits per heavy atom. The van der Waals surface area contributed by atoms with E-state index in [-0.39, 0.29) is 17.6 Å². The van der Waals surface area contributed by atoms with Crippen LogP contribution in [0.4, 0.5) is 18.9 Å². The summed E-state index contributed by atoms with van der Waals surface area (Å²) in [6, 6.07) is 0.790. The second-order valence-corrected chi connectivity index (χ2v) is 5.96. The van der Waals surface area contributed by atoms with Gasteiger partial charge in [0.05, 0.1) is 5.75 Å². The van der Waals surface area contributed by atoms with Crippen molar-refractivity contribution in [3.05, 3.63) is 29.6 Å². The van der Waals surface area contributed by atoms with Crippen LogP contribution in [0.5, 0.6) is 0 Å². The summed E-state index contributed by atoms with van der Waals surface area (Å²) in [4.78, 5) is 0. The molecule has 3 nitrogen and oxygen atoms in total. The Hall–Kier alpha value is -0.950. The third kappa shape index (κ3) is 4.06. The molecule has 102 valence electrons. The van der Waals surface area contributed by atoms with Gasteiger partial charge in [-0.25, -0.2) is 21.6 Å². The third-order valence-electron chi connectivity index (χ3n) is 2.03. The van der Waals surface area contributed by atoms with Gasteiger partial charge in [0.25, 0.3) is 0 Å². The molecule has 0 aliphatic carbocycles. The minimum Gasteiger partial charge on any atom is -0.278 e. The van der Waals surface area contributed by atoms with E-state index in [9.17, 15) is 21.6 Å². The van der Waals surface area contributed by atoms with Crippen LogP contribution in [0.15, 0.2) is 12.1 Å². The van der Waals surface area contributed by atoms with Gasteiger partial charge < -0.3 is 0 Å². The van der Waals surface area contributed by atoms with Crippen molar-refractivity contribution in [2.24, 2.45) is 5.92 Å². The lowest BCUT2D eigenvalue weighted by atomic mass is 10.3. The molecule has 0 saturated carbocycles. The molecule has 1 N–H and O–H groups in total. The van der Waals surface area contributed by atoms with Crippen LogP contribution in [0.3, 0.4) is 0 Å². The minimum absolute atomic E-state index is 0.0926. The Labute approximate surface area is 108 Å². The standard InChI is InChI=1S/C10H11ClF3NO2S/c1-6(4-11)5-18(16,17)15-10-8(13)2-7(12)3-9(10)14/h2-3,6,15H,4-5H2,1H3. The van der Waals surface area contributed by atoms with Crippen molar-refractivity contribution in [3.63, 3.8) is 0 Å². The number of nitrogens with one attached hydrogen (secondary N) is 1. The highest BCUT2D eigenvalue weighted by atomic mass is 35.5. The molecular formula is C10H11ClF3NO2S. The average Bonchev–Trinajstić information content (AvgIpc) is 2.22. The fraction of sp³-hybridized carbons (Fsp3) is 0.400. The van der Waals surface area contributed by atoms with Gasteiger partial charge in [0.15, 0.2) is 11.6 Å². The van der Waals surface area contributed by atoms with Gasteiger partial charge in [-0.05, 0) is 5.92 Å². The van der Waals surface area contributed by atoms with Crippen molar-refractivity contribution in [2.45, 2.75) is 6.92 Å². The molecule has 0 amide bonds. The Balaban J connectivity index is 2.98. The summed E-state index contributed by atoms with van der Waals surface area (Å²) in [6.45, 7) is 1.57. The zero-order valence-electron chi connectivity index (χ0n) is 9.38.